The Hall–Kier alpha value is -1.54. The van der Waals surface area contributed by atoms with E-state index in [1.165, 1.54) is 0 Å². The SMILES string of the molecule is C#Cc1c(N)nsc1C(=O)O. The van der Waals surface area contributed by atoms with Crippen LogP contribution < -0.4 is 5.73 Å². The Labute approximate surface area is 66.8 Å². The van der Waals surface area contributed by atoms with Crippen molar-refractivity contribution >= 4 is 23.3 Å². The number of aromatic carboxylic acids is 1. The highest BCUT2D eigenvalue weighted by Crippen LogP contribution is 2.19. The molecule has 5 heteroatoms. The molecule has 0 aliphatic carbocycles. The highest BCUT2D eigenvalue weighted by atomic mass is 32.1. The number of aromatic nitrogens is 1. The van der Waals surface area contributed by atoms with E-state index in [2.05, 4.69) is 10.3 Å². The van der Waals surface area contributed by atoms with E-state index in [9.17, 15) is 4.79 Å². The number of carboxylic acids is 1. The summed E-state index contributed by atoms with van der Waals surface area (Å²) in [6, 6.07) is 0. The highest BCUT2D eigenvalue weighted by molar-refractivity contribution is 7.08. The summed E-state index contributed by atoms with van der Waals surface area (Å²) >= 11 is 0.792. The summed E-state index contributed by atoms with van der Waals surface area (Å²) in [6.07, 6.45) is 5.01. The van der Waals surface area contributed by atoms with Crippen LogP contribution in [0.2, 0.25) is 0 Å². The fraction of sp³-hybridized carbons (Fsp3) is 0. The molecule has 1 aromatic heterocycles. The number of terminal acetylenes is 1. The number of nitrogens with zero attached hydrogens (tertiary/aromatic N) is 1. The van der Waals surface area contributed by atoms with Gasteiger partial charge in [0.1, 0.15) is 0 Å². The molecule has 0 amide bonds. The third-order valence-corrected chi connectivity index (χ3v) is 1.91. The van der Waals surface area contributed by atoms with Crippen molar-refractivity contribution in [2.45, 2.75) is 0 Å². The largest absolute Gasteiger partial charge is 0.477 e. The van der Waals surface area contributed by atoms with E-state index >= 15 is 0 Å². The molecule has 0 saturated heterocycles. The zero-order chi connectivity index (χ0) is 8.43. The van der Waals surface area contributed by atoms with Crippen LogP contribution in [-0.4, -0.2) is 15.4 Å². The van der Waals surface area contributed by atoms with Gasteiger partial charge in [-0.1, -0.05) is 5.92 Å². The number of anilines is 1. The first kappa shape index (κ1) is 7.57. The molecule has 1 heterocycles. The number of nitrogen functional groups attached to an aromatic ring is 1. The standard InChI is InChI=1S/C6H4N2O2S/c1-2-3-4(6(9)10)11-8-5(3)7/h1H,(H2,7,8)(H,9,10). The Morgan fingerprint density at radius 3 is 2.82 bits per heavy atom. The van der Waals surface area contributed by atoms with Gasteiger partial charge in [0.2, 0.25) is 0 Å². The zero-order valence-electron chi connectivity index (χ0n) is 5.37. The zero-order valence-corrected chi connectivity index (χ0v) is 6.18. The van der Waals surface area contributed by atoms with Crippen molar-refractivity contribution < 1.29 is 9.90 Å². The Balaban J connectivity index is 3.30. The molecule has 3 N–H and O–H groups in total. The minimum atomic E-state index is -1.09. The molecule has 1 aromatic rings. The summed E-state index contributed by atoms with van der Waals surface area (Å²) in [6.45, 7) is 0. The van der Waals surface area contributed by atoms with Crippen LogP contribution in [0.1, 0.15) is 15.2 Å². The smallest absolute Gasteiger partial charge is 0.348 e. The molecule has 56 valence electrons. The molecule has 0 unspecified atom stereocenters. The first-order valence-electron chi connectivity index (χ1n) is 2.62. The first-order valence-corrected chi connectivity index (χ1v) is 3.39. The van der Waals surface area contributed by atoms with Gasteiger partial charge in [-0.15, -0.1) is 6.42 Å². The van der Waals surface area contributed by atoms with Gasteiger partial charge >= 0.3 is 5.97 Å². The van der Waals surface area contributed by atoms with Gasteiger partial charge in [0.05, 0.1) is 5.56 Å². The summed E-state index contributed by atoms with van der Waals surface area (Å²) < 4.78 is 3.60. The van der Waals surface area contributed by atoms with E-state index in [1.54, 1.807) is 0 Å². The molecular formula is C6H4N2O2S. The maximum Gasteiger partial charge on any atom is 0.348 e. The molecule has 0 spiro atoms. The van der Waals surface area contributed by atoms with Crippen molar-refractivity contribution in [2.24, 2.45) is 0 Å². The van der Waals surface area contributed by atoms with Gasteiger partial charge < -0.3 is 10.8 Å². The lowest BCUT2D eigenvalue weighted by Gasteiger charge is -1.87. The van der Waals surface area contributed by atoms with Crippen LogP contribution >= 0.6 is 11.5 Å². The van der Waals surface area contributed by atoms with Gasteiger partial charge in [0.25, 0.3) is 0 Å². The molecule has 0 bridgehead atoms. The summed E-state index contributed by atoms with van der Waals surface area (Å²) in [5, 5.41) is 8.53. The van der Waals surface area contributed by atoms with Gasteiger partial charge in [-0.2, -0.15) is 4.37 Å². The predicted molar refractivity (Wildman–Crippen MR) is 41.4 cm³/mol. The highest BCUT2D eigenvalue weighted by Gasteiger charge is 2.14. The van der Waals surface area contributed by atoms with Gasteiger partial charge in [0, 0.05) is 0 Å². The topological polar surface area (TPSA) is 76.2 Å². The lowest BCUT2D eigenvalue weighted by molar-refractivity contribution is 0.0702. The van der Waals surface area contributed by atoms with Crippen LogP contribution in [0, 0.1) is 12.3 Å². The molecule has 0 radical (unpaired) electrons. The summed E-state index contributed by atoms with van der Waals surface area (Å²) in [5.41, 5.74) is 5.45. The van der Waals surface area contributed by atoms with E-state index in [0.717, 1.165) is 11.5 Å². The molecular weight excluding hydrogens is 164 g/mol. The minimum Gasteiger partial charge on any atom is -0.477 e. The first-order chi connectivity index (χ1) is 5.16. The third-order valence-electron chi connectivity index (χ3n) is 1.06. The Kier molecular flexibility index (Phi) is 1.79. The molecule has 0 aliphatic rings. The number of nitrogens with two attached hydrogens (primary N) is 1. The van der Waals surface area contributed by atoms with Gasteiger partial charge in [-0.25, -0.2) is 4.79 Å². The monoisotopic (exact) mass is 168 g/mol. The second kappa shape index (κ2) is 2.60. The Bertz CT molecular complexity index is 337. The molecule has 11 heavy (non-hydrogen) atoms. The maximum absolute atomic E-state index is 10.4. The van der Waals surface area contributed by atoms with Crippen LogP contribution in [0.5, 0.6) is 0 Å². The van der Waals surface area contributed by atoms with Crippen LogP contribution in [0.4, 0.5) is 5.82 Å². The molecule has 0 aliphatic heterocycles. The average molecular weight is 168 g/mol. The minimum absolute atomic E-state index is 0.0185. The molecule has 4 nitrogen and oxygen atoms in total. The Morgan fingerprint density at radius 2 is 2.45 bits per heavy atom. The van der Waals surface area contributed by atoms with Gasteiger partial charge in [-0.3, -0.25) is 0 Å². The fourth-order valence-corrected chi connectivity index (χ4v) is 1.20. The second-order valence-corrected chi connectivity index (χ2v) is 2.49. The van der Waals surface area contributed by atoms with E-state index in [1.807, 2.05) is 0 Å². The lowest BCUT2D eigenvalue weighted by atomic mass is 10.3. The third kappa shape index (κ3) is 1.16. The normalized spacial score (nSPS) is 9.00. The average Bonchev–Trinajstić information content (AvgIpc) is 2.30. The van der Waals surface area contributed by atoms with Crippen molar-refractivity contribution in [2.75, 3.05) is 5.73 Å². The van der Waals surface area contributed by atoms with Crippen molar-refractivity contribution in [1.82, 2.24) is 4.37 Å². The number of carboxylic acid groups (broad SMARTS) is 1. The summed E-state index contributed by atoms with van der Waals surface area (Å²) in [7, 11) is 0. The molecule has 0 aromatic carbocycles. The number of carbonyl (C=O) groups is 1. The van der Waals surface area contributed by atoms with Crippen LogP contribution in [0.3, 0.4) is 0 Å². The van der Waals surface area contributed by atoms with E-state index in [4.69, 9.17) is 17.3 Å². The van der Waals surface area contributed by atoms with Crippen molar-refractivity contribution in [3.05, 3.63) is 10.4 Å². The molecule has 1 rings (SSSR count). The lowest BCUT2D eigenvalue weighted by Crippen LogP contribution is -1.96. The number of hydrogen-bond acceptors (Lipinski definition) is 4. The number of rotatable bonds is 1. The molecule has 0 atom stereocenters. The maximum atomic E-state index is 10.4. The van der Waals surface area contributed by atoms with Crippen molar-refractivity contribution in [3.8, 4) is 12.3 Å². The van der Waals surface area contributed by atoms with E-state index < -0.39 is 5.97 Å². The quantitative estimate of drug-likeness (QED) is 0.595. The van der Waals surface area contributed by atoms with E-state index in [0.29, 0.717) is 0 Å². The second-order valence-electron chi connectivity index (χ2n) is 1.72. The van der Waals surface area contributed by atoms with Crippen LogP contribution in [0.25, 0.3) is 0 Å². The van der Waals surface area contributed by atoms with Crippen LogP contribution in [0.15, 0.2) is 0 Å². The molecule has 0 fully saturated rings. The van der Waals surface area contributed by atoms with Gasteiger partial charge in [0.15, 0.2) is 10.7 Å². The van der Waals surface area contributed by atoms with Crippen molar-refractivity contribution in [3.63, 3.8) is 0 Å². The molecule has 0 saturated carbocycles. The fourth-order valence-electron chi connectivity index (χ4n) is 0.588. The predicted octanol–water partition coefficient (Wildman–Crippen LogP) is 0.405. The van der Waals surface area contributed by atoms with Gasteiger partial charge in [-0.05, 0) is 11.5 Å². The van der Waals surface area contributed by atoms with E-state index in [-0.39, 0.29) is 16.3 Å². The van der Waals surface area contributed by atoms with Crippen molar-refractivity contribution in [1.29, 1.82) is 0 Å². The summed E-state index contributed by atoms with van der Waals surface area (Å²) in [4.78, 5) is 10.4. The van der Waals surface area contributed by atoms with Crippen LogP contribution in [-0.2, 0) is 0 Å². The Morgan fingerprint density at radius 1 is 1.82 bits per heavy atom. The summed E-state index contributed by atoms with van der Waals surface area (Å²) in [5.74, 6) is 1.18. The number of hydrogen-bond donors (Lipinski definition) is 2.